The van der Waals surface area contributed by atoms with Gasteiger partial charge in [0, 0.05) is 31.7 Å². The number of rotatable bonds is 3. The molecule has 13 heavy (non-hydrogen) atoms. The second-order valence-electron chi connectivity index (χ2n) is 4.25. The summed E-state index contributed by atoms with van der Waals surface area (Å²) >= 11 is 0. The normalized spacial score (nSPS) is 33.2. The van der Waals surface area contributed by atoms with Crippen molar-refractivity contribution in [3.05, 3.63) is 0 Å². The van der Waals surface area contributed by atoms with Crippen LogP contribution in [0.5, 0.6) is 0 Å². The predicted molar refractivity (Wildman–Crippen MR) is 54.8 cm³/mol. The predicted octanol–water partition coefficient (Wildman–Crippen LogP) is 0.439. The van der Waals surface area contributed by atoms with Crippen molar-refractivity contribution in [2.45, 2.75) is 45.4 Å². The summed E-state index contributed by atoms with van der Waals surface area (Å²) in [5.74, 6) is 0. The van der Waals surface area contributed by atoms with Crippen LogP contribution in [0.4, 0.5) is 0 Å². The molecule has 0 spiro atoms. The van der Waals surface area contributed by atoms with Crippen molar-refractivity contribution in [1.29, 1.82) is 0 Å². The summed E-state index contributed by atoms with van der Waals surface area (Å²) in [5.41, 5.74) is 0. The van der Waals surface area contributed by atoms with Gasteiger partial charge in [0.25, 0.3) is 0 Å². The molecule has 1 aliphatic heterocycles. The molecule has 1 rings (SSSR count). The monoisotopic (exact) mass is 186 g/mol. The van der Waals surface area contributed by atoms with Gasteiger partial charge in [-0.3, -0.25) is 4.90 Å². The van der Waals surface area contributed by atoms with Crippen LogP contribution in [0.25, 0.3) is 0 Å². The number of hydrogen-bond donors (Lipinski definition) is 2. The highest BCUT2D eigenvalue weighted by Crippen LogP contribution is 2.05. The molecule has 1 fully saturated rings. The van der Waals surface area contributed by atoms with Gasteiger partial charge in [0.05, 0.1) is 6.10 Å². The van der Waals surface area contributed by atoms with E-state index >= 15 is 0 Å². The SMILES string of the molecule is CC[C@H](O)CN1C[C@@H](C)N[C@@H](C)C1. The minimum Gasteiger partial charge on any atom is -0.392 e. The van der Waals surface area contributed by atoms with Gasteiger partial charge in [0.2, 0.25) is 0 Å². The van der Waals surface area contributed by atoms with Crippen LogP contribution < -0.4 is 5.32 Å². The first-order valence-corrected chi connectivity index (χ1v) is 5.28. The lowest BCUT2D eigenvalue weighted by Gasteiger charge is -2.36. The first-order chi connectivity index (χ1) is 6.11. The van der Waals surface area contributed by atoms with Crippen LogP contribution in [0.3, 0.4) is 0 Å². The van der Waals surface area contributed by atoms with Crippen LogP contribution in [0.15, 0.2) is 0 Å². The Hall–Kier alpha value is -0.120. The molecule has 2 N–H and O–H groups in total. The van der Waals surface area contributed by atoms with Crippen molar-refractivity contribution in [1.82, 2.24) is 10.2 Å². The summed E-state index contributed by atoms with van der Waals surface area (Å²) in [7, 11) is 0. The van der Waals surface area contributed by atoms with E-state index in [2.05, 4.69) is 24.1 Å². The van der Waals surface area contributed by atoms with Crippen molar-refractivity contribution in [3.63, 3.8) is 0 Å². The Kier molecular flexibility index (Phi) is 4.16. The standard InChI is InChI=1S/C10H22N2O/c1-4-10(13)7-12-5-8(2)11-9(3)6-12/h8-11,13H,4-7H2,1-3H3/t8-,9+,10-/m0/s1. The molecule has 0 amide bonds. The first kappa shape index (κ1) is 11.0. The molecule has 3 heteroatoms. The zero-order chi connectivity index (χ0) is 9.84. The van der Waals surface area contributed by atoms with Gasteiger partial charge in [0.15, 0.2) is 0 Å². The van der Waals surface area contributed by atoms with Crippen molar-refractivity contribution < 1.29 is 5.11 Å². The molecule has 1 saturated heterocycles. The van der Waals surface area contributed by atoms with Gasteiger partial charge in [-0.05, 0) is 20.3 Å². The van der Waals surface area contributed by atoms with Crippen molar-refractivity contribution >= 4 is 0 Å². The average molecular weight is 186 g/mol. The average Bonchev–Trinajstić information content (AvgIpc) is 2.02. The van der Waals surface area contributed by atoms with E-state index in [0.29, 0.717) is 12.1 Å². The maximum Gasteiger partial charge on any atom is 0.0664 e. The molecule has 0 bridgehead atoms. The Balaban J connectivity index is 2.32. The molecule has 3 nitrogen and oxygen atoms in total. The fraction of sp³-hybridized carbons (Fsp3) is 1.00. The molecule has 78 valence electrons. The lowest BCUT2D eigenvalue weighted by atomic mass is 10.1. The molecule has 0 aromatic carbocycles. The molecule has 1 heterocycles. The van der Waals surface area contributed by atoms with Crippen molar-refractivity contribution in [2.75, 3.05) is 19.6 Å². The molecule has 0 saturated carbocycles. The molecule has 3 atom stereocenters. The van der Waals surface area contributed by atoms with Crippen LogP contribution >= 0.6 is 0 Å². The lowest BCUT2D eigenvalue weighted by molar-refractivity contribution is 0.0826. The number of aliphatic hydroxyl groups is 1. The topological polar surface area (TPSA) is 35.5 Å². The van der Waals surface area contributed by atoms with Crippen molar-refractivity contribution in [2.24, 2.45) is 0 Å². The summed E-state index contributed by atoms with van der Waals surface area (Å²) in [5, 5.41) is 13.0. The summed E-state index contributed by atoms with van der Waals surface area (Å²) in [4.78, 5) is 2.35. The third kappa shape index (κ3) is 3.63. The van der Waals surface area contributed by atoms with Gasteiger partial charge in [-0.1, -0.05) is 6.92 Å². The molecule has 0 aromatic rings. The van der Waals surface area contributed by atoms with Crippen LogP contribution in [-0.2, 0) is 0 Å². The Bertz CT molecular complexity index is 142. The summed E-state index contributed by atoms with van der Waals surface area (Å²) in [6.07, 6.45) is 0.699. The maximum absolute atomic E-state index is 9.52. The second-order valence-corrected chi connectivity index (χ2v) is 4.25. The highest BCUT2D eigenvalue weighted by Gasteiger charge is 2.21. The largest absolute Gasteiger partial charge is 0.392 e. The van der Waals surface area contributed by atoms with Crippen molar-refractivity contribution in [3.8, 4) is 0 Å². The number of nitrogens with zero attached hydrogens (tertiary/aromatic N) is 1. The molecule has 0 unspecified atom stereocenters. The van der Waals surface area contributed by atoms with Gasteiger partial charge in [-0.15, -0.1) is 0 Å². The van der Waals surface area contributed by atoms with E-state index in [9.17, 15) is 5.11 Å². The number of nitrogens with one attached hydrogen (secondary N) is 1. The molecular weight excluding hydrogens is 164 g/mol. The third-order valence-electron chi connectivity index (χ3n) is 2.57. The van der Waals surface area contributed by atoms with Gasteiger partial charge >= 0.3 is 0 Å². The lowest BCUT2D eigenvalue weighted by Crippen LogP contribution is -2.55. The van der Waals surface area contributed by atoms with Gasteiger partial charge in [-0.25, -0.2) is 0 Å². The van der Waals surface area contributed by atoms with E-state index < -0.39 is 0 Å². The fourth-order valence-corrected chi connectivity index (χ4v) is 2.02. The Morgan fingerprint density at radius 1 is 1.38 bits per heavy atom. The quantitative estimate of drug-likeness (QED) is 0.671. The van der Waals surface area contributed by atoms with E-state index in [4.69, 9.17) is 0 Å². The van der Waals surface area contributed by atoms with E-state index in [0.717, 1.165) is 26.1 Å². The Morgan fingerprint density at radius 2 is 1.92 bits per heavy atom. The van der Waals surface area contributed by atoms with Gasteiger partial charge in [0.1, 0.15) is 0 Å². The number of piperazine rings is 1. The Morgan fingerprint density at radius 3 is 2.38 bits per heavy atom. The smallest absolute Gasteiger partial charge is 0.0664 e. The molecule has 1 aliphatic rings. The maximum atomic E-state index is 9.52. The van der Waals surface area contributed by atoms with Gasteiger partial charge in [-0.2, -0.15) is 0 Å². The van der Waals surface area contributed by atoms with E-state index in [1.807, 2.05) is 6.92 Å². The highest BCUT2D eigenvalue weighted by atomic mass is 16.3. The van der Waals surface area contributed by atoms with E-state index in [1.165, 1.54) is 0 Å². The summed E-state index contributed by atoms with van der Waals surface area (Å²) < 4.78 is 0. The fourth-order valence-electron chi connectivity index (χ4n) is 2.02. The summed E-state index contributed by atoms with van der Waals surface area (Å²) in [6.45, 7) is 9.36. The molecule has 0 aromatic heterocycles. The zero-order valence-electron chi connectivity index (χ0n) is 8.95. The summed E-state index contributed by atoms with van der Waals surface area (Å²) in [6, 6.07) is 1.10. The Labute approximate surface area is 81.1 Å². The number of hydrogen-bond acceptors (Lipinski definition) is 3. The number of aliphatic hydroxyl groups excluding tert-OH is 1. The van der Waals surface area contributed by atoms with Crippen LogP contribution in [0.1, 0.15) is 27.2 Å². The van der Waals surface area contributed by atoms with E-state index in [-0.39, 0.29) is 6.10 Å². The van der Waals surface area contributed by atoms with Crippen LogP contribution in [0.2, 0.25) is 0 Å². The third-order valence-corrected chi connectivity index (χ3v) is 2.57. The highest BCUT2D eigenvalue weighted by molar-refractivity contribution is 4.81. The molecular formula is C10H22N2O. The minimum absolute atomic E-state index is 0.155. The number of β-amino-alcohol motifs (C(OH)–C–C–N with tert-alkyl or cyclic N) is 1. The second kappa shape index (κ2) is 4.94. The van der Waals surface area contributed by atoms with Gasteiger partial charge < -0.3 is 10.4 Å². The molecule has 0 radical (unpaired) electrons. The minimum atomic E-state index is -0.155. The first-order valence-electron chi connectivity index (χ1n) is 5.28. The van der Waals surface area contributed by atoms with E-state index in [1.54, 1.807) is 0 Å². The molecule has 0 aliphatic carbocycles. The zero-order valence-corrected chi connectivity index (χ0v) is 8.95. The van der Waals surface area contributed by atoms with Crippen LogP contribution in [0, 0.1) is 0 Å². The van der Waals surface area contributed by atoms with Crippen LogP contribution in [-0.4, -0.2) is 47.8 Å².